The van der Waals surface area contributed by atoms with Gasteiger partial charge in [-0.05, 0) is 39.5 Å². The molecule has 0 aliphatic heterocycles. The lowest BCUT2D eigenvalue weighted by molar-refractivity contribution is -0.124. The minimum Gasteiger partial charge on any atom is -0.378 e. The van der Waals surface area contributed by atoms with Gasteiger partial charge in [-0.1, -0.05) is 19.3 Å². The molecule has 1 atom stereocenters. The average molecular weight is 266 g/mol. The molecule has 19 heavy (non-hydrogen) atoms. The van der Waals surface area contributed by atoms with Gasteiger partial charge in [0.2, 0.25) is 5.91 Å². The molecule has 1 N–H and O–H groups in total. The van der Waals surface area contributed by atoms with Crippen molar-refractivity contribution in [3.63, 3.8) is 0 Å². The number of rotatable bonds is 6. The number of ether oxygens (including phenoxy) is 1. The van der Waals surface area contributed by atoms with Crippen molar-refractivity contribution >= 4 is 5.91 Å². The van der Waals surface area contributed by atoms with Crippen LogP contribution in [-0.2, 0) is 9.53 Å². The minimum atomic E-state index is -0.727. The molecule has 1 aliphatic carbocycles. The molecule has 1 saturated carbocycles. The first-order valence-electron chi connectivity index (χ1n) is 7.32. The van der Waals surface area contributed by atoms with Crippen LogP contribution >= 0.6 is 0 Å². The van der Waals surface area contributed by atoms with Gasteiger partial charge in [0.1, 0.15) is 5.54 Å². The van der Waals surface area contributed by atoms with Gasteiger partial charge in [-0.15, -0.1) is 0 Å². The number of nitrogens with one attached hydrogen (secondary N) is 1. The number of carbonyl (C=O) groups is 1. The van der Waals surface area contributed by atoms with Gasteiger partial charge in [-0.25, -0.2) is 0 Å². The molecular weight excluding hydrogens is 240 g/mol. The van der Waals surface area contributed by atoms with Gasteiger partial charge >= 0.3 is 0 Å². The molecule has 1 amide bonds. The number of amides is 1. The highest BCUT2D eigenvalue weighted by molar-refractivity contribution is 5.77. The smallest absolute Gasteiger partial charge is 0.223 e. The lowest BCUT2D eigenvalue weighted by atomic mass is 9.76. The molecule has 0 unspecified atom stereocenters. The fourth-order valence-corrected chi connectivity index (χ4v) is 2.64. The number of hydrogen-bond acceptors (Lipinski definition) is 3. The highest BCUT2D eigenvalue weighted by atomic mass is 16.5. The van der Waals surface area contributed by atoms with Gasteiger partial charge in [0.25, 0.3) is 0 Å². The molecule has 0 aromatic rings. The lowest BCUT2D eigenvalue weighted by Crippen LogP contribution is -2.51. The van der Waals surface area contributed by atoms with Crippen LogP contribution in [0.15, 0.2) is 0 Å². The highest BCUT2D eigenvalue weighted by Gasteiger charge is 2.36. The van der Waals surface area contributed by atoms with E-state index >= 15 is 0 Å². The van der Waals surface area contributed by atoms with Crippen molar-refractivity contribution in [2.75, 3.05) is 6.61 Å². The Morgan fingerprint density at radius 3 is 2.58 bits per heavy atom. The van der Waals surface area contributed by atoms with Crippen molar-refractivity contribution in [2.24, 2.45) is 5.92 Å². The summed E-state index contributed by atoms with van der Waals surface area (Å²) in [6.45, 7) is 6.15. The van der Waals surface area contributed by atoms with Gasteiger partial charge in [0.05, 0.1) is 25.2 Å². The van der Waals surface area contributed by atoms with E-state index in [0.29, 0.717) is 13.0 Å². The number of hydrogen-bond donors (Lipinski definition) is 1. The van der Waals surface area contributed by atoms with E-state index in [0.717, 1.165) is 25.7 Å². The van der Waals surface area contributed by atoms with Crippen molar-refractivity contribution in [1.82, 2.24) is 5.32 Å². The first-order valence-corrected chi connectivity index (χ1v) is 7.32. The van der Waals surface area contributed by atoms with Crippen molar-refractivity contribution in [3.05, 3.63) is 0 Å². The van der Waals surface area contributed by atoms with Crippen molar-refractivity contribution in [1.29, 1.82) is 5.26 Å². The molecule has 4 nitrogen and oxygen atoms in total. The highest BCUT2D eigenvalue weighted by Crippen LogP contribution is 2.32. The third kappa shape index (κ3) is 5.20. The van der Waals surface area contributed by atoms with Crippen LogP contribution in [-0.4, -0.2) is 24.2 Å². The maximum absolute atomic E-state index is 11.9. The molecule has 0 spiro atoms. The Kier molecular flexibility index (Phi) is 6.30. The van der Waals surface area contributed by atoms with Crippen LogP contribution in [0.1, 0.15) is 59.3 Å². The van der Waals surface area contributed by atoms with E-state index in [2.05, 4.69) is 11.4 Å². The molecule has 0 bridgehead atoms. The number of nitrogens with zero attached hydrogens (tertiary/aromatic N) is 1. The van der Waals surface area contributed by atoms with Crippen molar-refractivity contribution < 1.29 is 9.53 Å². The van der Waals surface area contributed by atoms with E-state index in [4.69, 9.17) is 4.74 Å². The van der Waals surface area contributed by atoms with Gasteiger partial charge in [0, 0.05) is 0 Å². The summed E-state index contributed by atoms with van der Waals surface area (Å²) in [4.78, 5) is 11.9. The first kappa shape index (κ1) is 16.0. The molecule has 4 heteroatoms. The molecule has 0 aromatic heterocycles. The van der Waals surface area contributed by atoms with Crippen LogP contribution in [0.4, 0.5) is 0 Å². The zero-order chi connectivity index (χ0) is 14.3. The molecule has 0 aromatic carbocycles. The van der Waals surface area contributed by atoms with Crippen LogP contribution in [0.25, 0.3) is 0 Å². The molecule has 0 heterocycles. The molecular formula is C15H26N2O2. The Morgan fingerprint density at radius 2 is 2.05 bits per heavy atom. The monoisotopic (exact) mass is 266 g/mol. The second kappa shape index (κ2) is 7.49. The molecule has 1 rings (SSSR count). The molecule has 1 aliphatic rings. The quantitative estimate of drug-likeness (QED) is 0.804. The number of carbonyl (C=O) groups excluding carboxylic acids is 1. The summed E-state index contributed by atoms with van der Waals surface area (Å²) >= 11 is 0. The van der Waals surface area contributed by atoms with E-state index < -0.39 is 5.54 Å². The summed E-state index contributed by atoms with van der Waals surface area (Å²) in [7, 11) is 0. The third-order valence-corrected chi connectivity index (χ3v) is 3.83. The normalized spacial score (nSPS) is 19.7. The zero-order valence-corrected chi connectivity index (χ0v) is 12.4. The standard InChI is InChI=1S/C15H26N2O2/c1-12(2)19-10-9-14(18)17-15(3,11-16)13-7-5-4-6-8-13/h12-13H,4-10H2,1-3H3,(H,17,18)/t15-/m1/s1. The zero-order valence-electron chi connectivity index (χ0n) is 12.4. The summed E-state index contributed by atoms with van der Waals surface area (Å²) in [5.74, 6) is 0.191. The Bertz CT molecular complexity index is 330. The van der Waals surface area contributed by atoms with E-state index in [1.54, 1.807) is 0 Å². The van der Waals surface area contributed by atoms with E-state index in [9.17, 15) is 10.1 Å². The second-order valence-electron chi connectivity index (χ2n) is 5.87. The Labute approximate surface area is 116 Å². The summed E-state index contributed by atoms with van der Waals surface area (Å²) < 4.78 is 5.36. The fraction of sp³-hybridized carbons (Fsp3) is 0.867. The molecule has 108 valence electrons. The molecule has 0 radical (unpaired) electrons. The maximum Gasteiger partial charge on any atom is 0.223 e. The van der Waals surface area contributed by atoms with Gasteiger partial charge in [0.15, 0.2) is 0 Å². The third-order valence-electron chi connectivity index (χ3n) is 3.83. The van der Waals surface area contributed by atoms with Crippen LogP contribution in [0.3, 0.4) is 0 Å². The van der Waals surface area contributed by atoms with E-state index in [1.807, 2.05) is 20.8 Å². The van der Waals surface area contributed by atoms with E-state index in [1.165, 1.54) is 6.42 Å². The maximum atomic E-state index is 11.9. The Morgan fingerprint density at radius 1 is 1.42 bits per heavy atom. The van der Waals surface area contributed by atoms with E-state index in [-0.39, 0.29) is 17.9 Å². The summed E-state index contributed by atoms with van der Waals surface area (Å²) in [5.41, 5.74) is -0.727. The predicted octanol–water partition coefficient (Wildman–Crippen LogP) is 2.78. The van der Waals surface area contributed by atoms with Crippen LogP contribution in [0, 0.1) is 17.2 Å². The van der Waals surface area contributed by atoms with Gasteiger partial charge in [-0.3, -0.25) is 4.79 Å². The summed E-state index contributed by atoms with van der Waals surface area (Å²) in [5, 5.41) is 12.3. The Balaban J connectivity index is 2.45. The summed E-state index contributed by atoms with van der Waals surface area (Å²) in [6.07, 6.45) is 6.09. The molecule has 1 fully saturated rings. The predicted molar refractivity (Wildman–Crippen MR) is 74.4 cm³/mol. The average Bonchev–Trinajstić information content (AvgIpc) is 2.39. The van der Waals surface area contributed by atoms with Crippen molar-refractivity contribution in [2.45, 2.75) is 70.9 Å². The largest absolute Gasteiger partial charge is 0.378 e. The van der Waals surface area contributed by atoms with Gasteiger partial charge < -0.3 is 10.1 Å². The number of nitriles is 1. The topological polar surface area (TPSA) is 62.1 Å². The van der Waals surface area contributed by atoms with Crippen LogP contribution in [0.2, 0.25) is 0 Å². The SMILES string of the molecule is CC(C)OCCC(=O)N[C@](C)(C#N)C1CCCCC1. The first-order chi connectivity index (χ1) is 8.98. The lowest BCUT2D eigenvalue weighted by Gasteiger charge is -2.35. The van der Waals surface area contributed by atoms with Crippen LogP contribution in [0.5, 0.6) is 0 Å². The minimum absolute atomic E-state index is 0.0877. The molecule has 0 saturated heterocycles. The van der Waals surface area contributed by atoms with Crippen LogP contribution < -0.4 is 5.32 Å². The second-order valence-corrected chi connectivity index (χ2v) is 5.87. The Hall–Kier alpha value is -1.08. The summed E-state index contributed by atoms with van der Waals surface area (Å²) in [6, 6.07) is 2.31. The van der Waals surface area contributed by atoms with Crippen molar-refractivity contribution in [3.8, 4) is 6.07 Å². The fourth-order valence-electron chi connectivity index (χ4n) is 2.64. The van der Waals surface area contributed by atoms with Gasteiger partial charge in [-0.2, -0.15) is 5.26 Å².